The summed E-state index contributed by atoms with van der Waals surface area (Å²) in [5.41, 5.74) is 2.62. The molecule has 26 heavy (non-hydrogen) atoms. The molecule has 1 aliphatic heterocycles. The summed E-state index contributed by atoms with van der Waals surface area (Å²) in [6.45, 7) is 7.71. The van der Waals surface area contributed by atoms with Crippen molar-refractivity contribution >= 4 is 47.7 Å². The number of carbonyl (C=O) groups is 1. The van der Waals surface area contributed by atoms with Crippen molar-refractivity contribution in [1.82, 2.24) is 10.3 Å². The topological polar surface area (TPSA) is 54.0 Å². The van der Waals surface area contributed by atoms with E-state index >= 15 is 0 Å². The number of benzene rings is 1. The van der Waals surface area contributed by atoms with Gasteiger partial charge in [-0.25, -0.2) is 9.37 Å². The molecule has 2 aromatic rings. The van der Waals surface area contributed by atoms with Gasteiger partial charge in [-0.2, -0.15) is 0 Å². The van der Waals surface area contributed by atoms with Crippen LogP contribution in [0.4, 0.5) is 10.1 Å². The predicted octanol–water partition coefficient (Wildman–Crippen LogP) is 4.25. The van der Waals surface area contributed by atoms with Crippen molar-refractivity contribution in [2.24, 2.45) is 0 Å². The van der Waals surface area contributed by atoms with Crippen molar-refractivity contribution in [3.63, 3.8) is 0 Å². The summed E-state index contributed by atoms with van der Waals surface area (Å²) in [6.07, 6.45) is 0.802. The summed E-state index contributed by atoms with van der Waals surface area (Å²) in [5.74, 6) is -0.551. The Morgan fingerprint density at radius 1 is 1.35 bits per heavy atom. The summed E-state index contributed by atoms with van der Waals surface area (Å²) < 4.78 is 14.6. The molecule has 1 amide bonds. The molecule has 0 unspecified atom stereocenters. The van der Waals surface area contributed by atoms with Gasteiger partial charge >= 0.3 is 0 Å². The third-order valence-corrected chi connectivity index (χ3v) is 5.33. The second kappa shape index (κ2) is 9.13. The molecule has 0 aliphatic carbocycles. The molecule has 8 heteroatoms. The van der Waals surface area contributed by atoms with Gasteiger partial charge in [0.05, 0.1) is 22.8 Å². The van der Waals surface area contributed by atoms with Gasteiger partial charge < -0.3 is 10.6 Å². The second-order valence-electron chi connectivity index (χ2n) is 7.11. The van der Waals surface area contributed by atoms with E-state index in [0.717, 1.165) is 22.8 Å². The summed E-state index contributed by atoms with van der Waals surface area (Å²) in [4.78, 5) is 16.7. The SMILES string of the molecule is CC(C)(C)c1nc(CC(=O)Nc2ccc3c(c2F)CCNC3)cs1.Cl.Cl. The highest BCUT2D eigenvalue weighted by Crippen LogP contribution is 2.27. The van der Waals surface area contributed by atoms with Crippen molar-refractivity contribution in [1.29, 1.82) is 0 Å². The van der Waals surface area contributed by atoms with Gasteiger partial charge in [0.1, 0.15) is 5.82 Å². The Labute approximate surface area is 169 Å². The lowest BCUT2D eigenvalue weighted by Crippen LogP contribution is -2.25. The molecule has 0 spiro atoms. The zero-order valence-corrected chi connectivity index (χ0v) is 17.5. The lowest BCUT2D eigenvalue weighted by atomic mass is 9.98. The average Bonchev–Trinajstić information content (AvgIpc) is 2.99. The highest BCUT2D eigenvalue weighted by molar-refractivity contribution is 7.09. The fraction of sp³-hybridized carbons (Fsp3) is 0.444. The first kappa shape index (κ1) is 22.8. The molecule has 1 aliphatic rings. The van der Waals surface area contributed by atoms with Crippen LogP contribution < -0.4 is 10.6 Å². The summed E-state index contributed by atoms with van der Waals surface area (Å²) in [5, 5.41) is 8.80. The maximum Gasteiger partial charge on any atom is 0.230 e. The number of hydrogen-bond acceptors (Lipinski definition) is 4. The van der Waals surface area contributed by atoms with E-state index in [-0.39, 0.29) is 54.1 Å². The molecule has 144 valence electrons. The van der Waals surface area contributed by atoms with Gasteiger partial charge in [0.25, 0.3) is 0 Å². The molecule has 0 bridgehead atoms. The highest BCUT2D eigenvalue weighted by atomic mass is 35.5. The minimum atomic E-state index is -0.309. The third kappa shape index (κ3) is 5.16. The number of carbonyl (C=O) groups excluding carboxylic acids is 1. The first-order valence-electron chi connectivity index (χ1n) is 8.10. The minimum Gasteiger partial charge on any atom is -0.323 e. The number of nitrogens with zero attached hydrogens (tertiary/aromatic N) is 1. The van der Waals surface area contributed by atoms with Crippen molar-refractivity contribution in [3.8, 4) is 0 Å². The lowest BCUT2D eigenvalue weighted by Gasteiger charge is -2.19. The Balaban J connectivity index is 0.00000169. The second-order valence-corrected chi connectivity index (χ2v) is 7.97. The zero-order chi connectivity index (χ0) is 17.3. The van der Waals surface area contributed by atoms with Crippen LogP contribution in [0.1, 0.15) is 42.6 Å². The maximum atomic E-state index is 14.6. The van der Waals surface area contributed by atoms with E-state index in [9.17, 15) is 9.18 Å². The van der Waals surface area contributed by atoms with Crippen molar-refractivity contribution < 1.29 is 9.18 Å². The van der Waals surface area contributed by atoms with Gasteiger partial charge in [-0.15, -0.1) is 36.2 Å². The van der Waals surface area contributed by atoms with Crippen LogP contribution in [0.25, 0.3) is 0 Å². The molecule has 0 atom stereocenters. The standard InChI is InChI=1S/C18H22FN3OS.2ClH/c1-18(2,3)17-21-12(10-24-17)8-15(23)22-14-5-4-11-9-20-7-6-13(11)16(14)19;;/h4-5,10,20H,6-9H2,1-3H3,(H,22,23);2*1H. The Bertz CT molecular complexity index is 774. The Kier molecular flexibility index (Phi) is 8.02. The van der Waals surface area contributed by atoms with Crippen molar-refractivity contribution in [2.75, 3.05) is 11.9 Å². The van der Waals surface area contributed by atoms with E-state index in [1.807, 2.05) is 11.4 Å². The fourth-order valence-electron chi connectivity index (χ4n) is 2.72. The molecule has 3 rings (SSSR count). The number of hydrogen-bond donors (Lipinski definition) is 2. The minimum absolute atomic E-state index is 0. The van der Waals surface area contributed by atoms with Crippen LogP contribution in [0.2, 0.25) is 0 Å². The molecule has 2 N–H and O–H groups in total. The van der Waals surface area contributed by atoms with Gasteiger partial charge in [-0.1, -0.05) is 26.8 Å². The number of thiazole rings is 1. The van der Waals surface area contributed by atoms with Gasteiger partial charge in [0.15, 0.2) is 0 Å². The van der Waals surface area contributed by atoms with Crippen LogP contribution >= 0.6 is 36.2 Å². The summed E-state index contributed by atoms with van der Waals surface area (Å²) in [7, 11) is 0. The van der Waals surface area contributed by atoms with Gasteiger partial charge in [-0.05, 0) is 30.2 Å². The molecular formula is C18H24Cl2FN3OS. The molecule has 1 aromatic carbocycles. The smallest absolute Gasteiger partial charge is 0.230 e. The molecule has 0 saturated carbocycles. The average molecular weight is 420 g/mol. The van der Waals surface area contributed by atoms with Crippen LogP contribution in [0.15, 0.2) is 17.5 Å². The molecule has 2 heterocycles. The molecule has 0 fully saturated rings. The van der Waals surface area contributed by atoms with Crippen LogP contribution in [0.3, 0.4) is 0 Å². The Morgan fingerprint density at radius 2 is 2.08 bits per heavy atom. The first-order valence-corrected chi connectivity index (χ1v) is 8.98. The summed E-state index contributed by atoms with van der Waals surface area (Å²) >= 11 is 1.55. The molecule has 0 radical (unpaired) electrons. The predicted molar refractivity (Wildman–Crippen MR) is 109 cm³/mol. The number of rotatable bonds is 3. The third-order valence-electron chi connectivity index (χ3n) is 4.02. The number of halogens is 3. The van der Waals surface area contributed by atoms with E-state index in [1.165, 1.54) is 0 Å². The lowest BCUT2D eigenvalue weighted by molar-refractivity contribution is -0.115. The van der Waals surface area contributed by atoms with Crippen molar-refractivity contribution in [3.05, 3.63) is 45.2 Å². The monoisotopic (exact) mass is 419 g/mol. The van der Waals surface area contributed by atoms with E-state index in [0.29, 0.717) is 18.5 Å². The van der Waals surface area contributed by atoms with E-state index in [4.69, 9.17) is 0 Å². The molecule has 0 saturated heterocycles. The van der Waals surface area contributed by atoms with E-state index in [2.05, 4.69) is 36.4 Å². The van der Waals surface area contributed by atoms with Crippen LogP contribution in [0, 0.1) is 5.82 Å². The number of aromatic nitrogens is 1. The molecular weight excluding hydrogens is 396 g/mol. The van der Waals surface area contributed by atoms with Gasteiger partial charge in [0, 0.05) is 17.3 Å². The number of anilines is 1. The zero-order valence-electron chi connectivity index (χ0n) is 15.0. The Hall–Kier alpha value is -1.21. The molecule has 1 aromatic heterocycles. The normalized spacial score (nSPS) is 13.2. The number of nitrogens with one attached hydrogen (secondary N) is 2. The van der Waals surface area contributed by atoms with Crippen LogP contribution in [-0.4, -0.2) is 17.4 Å². The summed E-state index contributed by atoms with van der Waals surface area (Å²) in [6, 6.07) is 3.52. The van der Waals surface area contributed by atoms with Crippen LogP contribution in [0.5, 0.6) is 0 Å². The van der Waals surface area contributed by atoms with Crippen LogP contribution in [-0.2, 0) is 29.6 Å². The number of fused-ring (bicyclic) bond motifs is 1. The fourth-order valence-corrected chi connectivity index (χ4v) is 3.63. The maximum absolute atomic E-state index is 14.6. The number of amides is 1. The van der Waals surface area contributed by atoms with E-state index in [1.54, 1.807) is 17.4 Å². The van der Waals surface area contributed by atoms with Gasteiger partial charge in [0.2, 0.25) is 5.91 Å². The first-order chi connectivity index (χ1) is 11.3. The van der Waals surface area contributed by atoms with Crippen molar-refractivity contribution in [2.45, 2.75) is 45.6 Å². The quantitative estimate of drug-likeness (QED) is 0.781. The largest absolute Gasteiger partial charge is 0.323 e. The van der Waals surface area contributed by atoms with E-state index < -0.39 is 0 Å². The van der Waals surface area contributed by atoms with Gasteiger partial charge in [-0.3, -0.25) is 4.79 Å². The Morgan fingerprint density at radius 3 is 2.73 bits per heavy atom. The molecule has 4 nitrogen and oxygen atoms in total. The highest BCUT2D eigenvalue weighted by Gasteiger charge is 2.20.